The first kappa shape index (κ1) is 17.5. The topological polar surface area (TPSA) is 36.7 Å². The summed E-state index contributed by atoms with van der Waals surface area (Å²) in [6.45, 7) is 0. The Labute approximate surface area is 148 Å². The average molecular weight is 338 g/mol. The molecule has 0 atom stereocenters. The molecule has 0 aliphatic heterocycles. The van der Waals surface area contributed by atoms with Crippen LogP contribution in [0, 0.1) is 17.2 Å². The maximum absolute atomic E-state index is 9.35. The van der Waals surface area contributed by atoms with E-state index in [1.165, 1.54) is 0 Å². The van der Waals surface area contributed by atoms with Crippen LogP contribution in [0.25, 0.3) is 0 Å². The van der Waals surface area contributed by atoms with E-state index in [9.17, 15) is 5.26 Å². The van der Waals surface area contributed by atoms with Crippen LogP contribution in [0.1, 0.15) is 11.1 Å². The van der Waals surface area contributed by atoms with Gasteiger partial charge in [0.1, 0.15) is 10.3 Å². The molecule has 7 heteroatoms. The van der Waals surface area contributed by atoms with Gasteiger partial charge in [-0.15, -0.1) is 40.9 Å². The fraction of sp³-hybridized carbons (Fsp3) is 0. The molecule has 1 aromatic carbocycles. The van der Waals surface area contributed by atoms with Crippen molar-refractivity contribution in [3.8, 4) is 6.07 Å². The fourth-order valence-corrected chi connectivity index (χ4v) is 2.49. The average Bonchev–Trinajstić information content (AvgIpc) is 2.42. The number of hydrogen-bond donors (Lipinski definition) is 0. The molecule has 0 saturated carbocycles. The van der Waals surface area contributed by atoms with Gasteiger partial charge < -0.3 is 0 Å². The number of rotatable bonds is 2. The number of hydrogen-bond acceptors (Lipinski definition) is 2. The molecule has 2 nitrogen and oxygen atoms in total. The number of nitrogens with zero attached hydrogens (tertiary/aromatic N) is 2. The molecule has 0 N–H and O–H groups in total. The van der Waals surface area contributed by atoms with Gasteiger partial charge in [0.05, 0.1) is 6.07 Å². The zero-order chi connectivity index (χ0) is 14.0. The molecule has 0 aliphatic carbocycles. The number of aromatic nitrogens is 1. The van der Waals surface area contributed by atoms with Crippen LogP contribution in [0.15, 0.2) is 30.3 Å². The Morgan fingerprint density at radius 1 is 0.950 bits per heavy atom. The molecule has 0 bridgehead atoms. The van der Waals surface area contributed by atoms with Crippen LogP contribution in [0.5, 0.6) is 0 Å². The van der Waals surface area contributed by atoms with Crippen LogP contribution >= 0.6 is 46.4 Å². The molecule has 0 spiro atoms. The van der Waals surface area contributed by atoms with Crippen LogP contribution in [0.2, 0.25) is 20.4 Å². The van der Waals surface area contributed by atoms with Crippen LogP contribution < -0.4 is 18.9 Å². The molecule has 0 aliphatic rings. The maximum Gasteiger partial charge on any atom is 1.00 e. The van der Waals surface area contributed by atoms with Crippen molar-refractivity contribution in [2.24, 2.45) is 0 Å². The zero-order valence-electron chi connectivity index (χ0n) is 10.3. The van der Waals surface area contributed by atoms with E-state index in [1.807, 2.05) is 6.07 Å². The van der Waals surface area contributed by atoms with Crippen molar-refractivity contribution < 1.29 is 18.9 Å². The Morgan fingerprint density at radius 3 is 1.90 bits per heavy atom. The van der Waals surface area contributed by atoms with E-state index in [2.05, 4.69) is 11.1 Å². The Hall–Kier alpha value is -0.513. The van der Waals surface area contributed by atoms with Crippen molar-refractivity contribution in [1.29, 1.82) is 5.26 Å². The summed E-state index contributed by atoms with van der Waals surface area (Å²) < 4.78 is 0. The molecule has 1 heterocycles. The van der Waals surface area contributed by atoms with Crippen LogP contribution in [-0.2, 0) is 0 Å². The molecule has 20 heavy (non-hydrogen) atoms. The quantitative estimate of drug-likeness (QED) is 0.478. The minimum atomic E-state index is 0. The van der Waals surface area contributed by atoms with Gasteiger partial charge in [0, 0.05) is 10.0 Å². The largest absolute Gasteiger partial charge is 1.00 e. The molecule has 0 unspecified atom stereocenters. The monoisotopic (exact) mass is 336 g/mol. The van der Waals surface area contributed by atoms with Crippen LogP contribution in [0.3, 0.4) is 0 Å². The van der Waals surface area contributed by atoms with Gasteiger partial charge in [0.2, 0.25) is 0 Å². The molecule has 96 valence electrons. The van der Waals surface area contributed by atoms with E-state index in [0.29, 0.717) is 17.0 Å². The molecular formula is C13H5Cl4LiN2. The van der Waals surface area contributed by atoms with Gasteiger partial charge in [0.25, 0.3) is 0 Å². The van der Waals surface area contributed by atoms with E-state index in [-0.39, 0.29) is 39.2 Å². The molecule has 1 aromatic heterocycles. The Balaban J connectivity index is 0.00000200. The molecule has 0 amide bonds. The van der Waals surface area contributed by atoms with Gasteiger partial charge >= 0.3 is 18.9 Å². The van der Waals surface area contributed by atoms with E-state index in [4.69, 9.17) is 46.4 Å². The standard InChI is InChI=1S/C13H5Cl4N2.Li/c14-10-9(11(15)13(17)19-12(10)16)8(6-18)7-4-2-1-3-5-7;/h1-5H;/q-1;+1. The van der Waals surface area contributed by atoms with Crippen LogP contribution in [0.4, 0.5) is 0 Å². The van der Waals surface area contributed by atoms with Gasteiger partial charge in [-0.2, -0.15) is 0 Å². The van der Waals surface area contributed by atoms with Gasteiger partial charge in [-0.25, -0.2) is 10.2 Å². The maximum atomic E-state index is 9.35. The smallest absolute Gasteiger partial charge is 0.238 e. The van der Waals surface area contributed by atoms with E-state index >= 15 is 0 Å². The molecule has 0 saturated heterocycles. The number of halogens is 4. The van der Waals surface area contributed by atoms with Crippen molar-refractivity contribution in [1.82, 2.24) is 4.98 Å². The SMILES string of the molecule is N#C[C-](c1ccccc1)c1c(Cl)c(Cl)nc(Cl)c1Cl.[Li+]. The summed E-state index contributed by atoms with van der Waals surface area (Å²) in [4.78, 5) is 3.79. The normalized spacial score (nSPS) is 9.55. The van der Waals surface area contributed by atoms with Gasteiger partial charge in [-0.3, -0.25) is 0 Å². The third-order valence-electron chi connectivity index (χ3n) is 2.42. The second-order valence-corrected chi connectivity index (χ2v) is 5.02. The van der Waals surface area contributed by atoms with E-state index < -0.39 is 0 Å². The van der Waals surface area contributed by atoms with Gasteiger partial charge in [0.15, 0.2) is 0 Å². The molecule has 2 aromatic rings. The fourth-order valence-electron chi connectivity index (χ4n) is 1.58. The summed E-state index contributed by atoms with van der Waals surface area (Å²) in [7, 11) is 0. The van der Waals surface area contributed by atoms with Crippen molar-refractivity contribution in [3.63, 3.8) is 0 Å². The molecular weight excluding hydrogens is 333 g/mol. The number of pyridine rings is 1. The second-order valence-electron chi connectivity index (χ2n) is 3.55. The first-order chi connectivity index (χ1) is 9.06. The summed E-state index contributed by atoms with van der Waals surface area (Å²) in [5.74, 6) is 0.293. The molecule has 2 rings (SSSR count). The Morgan fingerprint density at radius 2 is 1.45 bits per heavy atom. The summed E-state index contributed by atoms with van der Waals surface area (Å²) in [6.07, 6.45) is 0. The molecule has 0 radical (unpaired) electrons. The minimum absolute atomic E-state index is 0. The summed E-state index contributed by atoms with van der Waals surface area (Å²) in [5.41, 5.74) is 0.967. The summed E-state index contributed by atoms with van der Waals surface area (Å²) in [6, 6.07) is 11.1. The number of benzene rings is 1. The molecule has 0 fully saturated rings. The third-order valence-corrected chi connectivity index (χ3v) is 3.90. The van der Waals surface area contributed by atoms with E-state index in [1.54, 1.807) is 24.3 Å². The van der Waals surface area contributed by atoms with Crippen molar-refractivity contribution in [2.45, 2.75) is 0 Å². The van der Waals surface area contributed by atoms with Crippen molar-refractivity contribution >= 4 is 46.4 Å². The Bertz CT molecular complexity index is 629. The van der Waals surface area contributed by atoms with Crippen LogP contribution in [-0.4, -0.2) is 4.98 Å². The predicted octanol–water partition coefficient (Wildman–Crippen LogP) is 2.19. The summed E-state index contributed by atoms with van der Waals surface area (Å²) >= 11 is 23.9. The first-order valence-electron chi connectivity index (χ1n) is 5.09. The number of nitriles is 1. The zero-order valence-corrected chi connectivity index (χ0v) is 13.3. The van der Waals surface area contributed by atoms with Gasteiger partial charge in [-0.1, -0.05) is 47.0 Å². The van der Waals surface area contributed by atoms with Crippen molar-refractivity contribution in [2.75, 3.05) is 0 Å². The van der Waals surface area contributed by atoms with Gasteiger partial charge in [-0.05, 0) is 5.92 Å². The van der Waals surface area contributed by atoms with E-state index in [0.717, 1.165) is 0 Å². The summed E-state index contributed by atoms with van der Waals surface area (Å²) in [5, 5.41) is 9.59. The second kappa shape index (κ2) is 7.48. The van der Waals surface area contributed by atoms with Crippen molar-refractivity contribution in [3.05, 3.63) is 67.7 Å². The minimum Gasteiger partial charge on any atom is -0.238 e. The first-order valence-corrected chi connectivity index (χ1v) is 6.60. The predicted molar refractivity (Wildman–Crippen MR) is 77.8 cm³/mol. The third kappa shape index (κ3) is 3.38. The Kier molecular flexibility index (Phi) is 6.56.